The van der Waals surface area contributed by atoms with Gasteiger partial charge in [0.1, 0.15) is 0 Å². The van der Waals surface area contributed by atoms with Crippen molar-refractivity contribution in [3.05, 3.63) is 0 Å². The average Bonchev–Trinajstić information content (AvgIpc) is 2.43. The first-order valence-electron chi connectivity index (χ1n) is 6.22. The maximum atomic E-state index is 10.3. The second kappa shape index (κ2) is 4.63. The first-order chi connectivity index (χ1) is 6.79. The van der Waals surface area contributed by atoms with Crippen LogP contribution in [0.4, 0.5) is 0 Å². The van der Waals surface area contributed by atoms with E-state index < -0.39 is 0 Å². The largest absolute Gasteiger partial charge is 0.389 e. The Balaban J connectivity index is 1.82. The maximum Gasteiger partial charge on any atom is 0.0786 e. The van der Waals surface area contributed by atoms with Gasteiger partial charge in [-0.1, -0.05) is 38.5 Å². The molecule has 2 N–H and O–H groups in total. The molecule has 0 aromatic rings. The monoisotopic (exact) mass is 197 g/mol. The Morgan fingerprint density at radius 2 is 1.86 bits per heavy atom. The third-order valence-corrected chi connectivity index (χ3v) is 3.86. The van der Waals surface area contributed by atoms with Crippen LogP contribution in [0.15, 0.2) is 0 Å². The Morgan fingerprint density at radius 3 is 2.43 bits per heavy atom. The maximum absolute atomic E-state index is 10.3. The van der Waals surface area contributed by atoms with Crippen molar-refractivity contribution in [1.29, 1.82) is 0 Å². The van der Waals surface area contributed by atoms with E-state index in [-0.39, 0.29) is 5.60 Å². The standard InChI is InChI=1S/C12H23NO/c14-12(7-8-13-10-12)9-11-5-3-1-2-4-6-11/h11,13-14H,1-10H2. The second-order valence-corrected chi connectivity index (χ2v) is 5.21. The summed E-state index contributed by atoms with van der Waals surface area (Å²) in [6, 6.07) is 0. The minimum atomic E-state index is -0.366. The van der Waals surface area contributed by atoms with Crippen LogP contribution in [0.5, 0.6) is 0 Å². The first kappa shape index (κ1) is 10.4. The van der Waals surface area contributed by atoms with Crippen molar-refractivity contribution in [2.24, 2.45) is 5.92 Å². The van der Waals surface area contributed by atoms with E-state index in [1.807, 2.05) is 0 Å². The third kappa shape index (κ3) is 2.71. The Hall–Kier alpha value is -0.0800. The number of hydrogen-bond donors (Lipinski definition) is 2. The van der Waals surface area contributed by atoms with Crippen LogP contribution in [0, 0.1) is 5.92 Å². The van der Waals surface area contributed by atoms with Gasteiger partial charge in [0.2, 0.25) is 0 Å². The number of nitrogens with one attached hydrogen (secondary N) is 1. The molecule has 14 heavy (non-hydrogen) atoms. The van der Waals surface area contributed by atoms with Crippen molar-refractivity contribution < 1.29 is 5.11 Å². The third-order valence-electron chi connectivity index (χ3n) is 3.86. The molecule has 1 aliphatic carbocycles. The molecular formula is C12H23NO. The fourth-order valence-corrected chi connectivity index (χ4v) is 3.01. The van der Waals surface area contributed by atoms with Gasteiger partial charge in [-0.15, -0.1) is 0 Å². The Labute approximate surface area is 87.1 Å². The molecule has 0 bridgehead atoms. The van der Waals surface area contributed by atoms with Crippen LogP contribution < -0.4 is 5.32 Å². The molecule has 0 radical (unpaired) electrons. The van der Waals surface area contributed by atoms with Gasteiger partial charge in [-0.25, -0.2) is 0 Å². The van der Waals surface area contributed by atoms with E-state index in [9.17, 15) is 5.11 Å². The zero-order chi connectivity index (χ0) is 9.86. The summed E-state index contributed by atoms with van der Waals surface area (Å²) in [5, 5.41) is 13.5. The van der Waals surface area contributed by atoms with Crippen molar-refractivity contribution in [1.82, 2.24) is 5.32 Å². The molecule has 82 valence electrons. The van der Waals surface area contributed by atoms with E-state index in [2.05, 4.69) is 5.32 Å². The highest BCUT2D eigenvalue weighted by molar-refractivity contribution is 4.89. The second-order valence-electron chi connectivity index (χ2n) is 5.21. The molecule has 1 aliphatic heterocycles. The zero-order valence-corrected chi connectivity index (χ0v) is 9.10. The van der Waals surface area contributed by atoms with Crippen LogP contribution in [-0.4, -0.2) is 23.8 Å². The van der Waals surface area contributed by atoms with Gasteiger partial charge >= 0.3 is 0 Å². The number of β-amino-alcohol motifs (C(OH)–C–C–N with tert-alkyl or cyclic N) is 1. The van der Waals surface area contributed by atoms with Crippen LogP contribution in [0.2, 0.25) is 0 Å². The molecule has 1 saturated carbocycles. The fourth-order valence-electron chi connectivity index (χ4n) is 3.01. The van der Waals surface area contributed by atoms with Gasteiger partial charge in [-0.2, -0.15) is 0 Å². The Morgan fingerprint density at radius 1 is 1.14 bits per heavy atom. The van der Waals surface area contributed by atoms with Crippen LogP contribution >= 0.6 is 0 Å². The predicted octanol–water partition coefficient (Wildman–Crippen LogP) is 2.07. The molecule has 2 nitrogen and oxygen atoms in total. The summed E-state index contributed by atoms with van der Waals surface area (Å²) in [6.45, 7) is 1.83. The lowest BCUT2D eigenvalue weighted by Crippen LogP contribution is -2.33. The van der Waals surface area contributed by atoms with E-state index >= 15 is 0 Å². The molecule has 0 aromatic carbocycles. The lowest BCUT2D eigenvalue weighted by molar-refractivity contribution is 0.0326. The first-order valence-corrected chi connectivity index (χ1v) is 6.22. The SMILES string of the molecule is OC1(CC2CCCCCC2)CCNC1. The molecule has 0 aromatic heterocycles. The van der Waals surface area contributed by atoms with Gasteiger partial charge in [0.05, 0.1) is 5.60 Å². The summed E-state index contributed by atoms with van der Waals surface area (Å²) < 4.78 is 0. The van der Waals surface area contributed by atoms with E-state index in [0.29, 0.717) is 0 Å². The van der Waals surface area contributed by atoms with E-state index in [1.165, 1.54) is 38.5 Å². The highest BCUT2D eigenvalue weighted by Crippen LogP contribution is 2.32. The van der Waals surface area contributed by atoms with Gasteiger partial charge in [0.25, 0.3) is 0 Å². The van der Waals surface area contributed by atoms with E-state index in [0.717, 1.165) is 31.8 Å². The van der Waals surface area contributed by atoms with Crippen LogP contribution in [0.1, 0.15) is 51.4 Å². The van der Waals surface area contributed by atoms with Gasteiger partial charge < -0.3 is 10.4 Å². The van der Waals surface area contributed by atoms with Gasteiger partial charge in [0, 0.05) is 6.54 Å². The van der Waals surface area contributed by atoms with Gasteiger partial charge in [-0.05, 0) is 25.3 Å². The molecule has 2 aliphatic rings. The van der Waals surface area contributed by atoms with Crippen LogP contribution in [0.25, 0.3) is 0 Å². The molecular weight excluding hydrogens is 174 g/mol. The van der Waals surface area contributed by atoms with Crippen molar-refractivity contribution in [2.45, 2.75) is 57.0 Å². The van der Waals surface area contributed by atoms with Crippen LogP contribution in [-0.2, 0) is 0 Å². The van der Waals surface area contributed by atoms with E-state index in [1.54, 1.807) is 0 Å². The van der Waals surface area contributed by atoms with Gasteiger partial charge in [-0.3, -0.25) is 0 Å². The van der Waals surface area contributed by atoms with Gasteiger partial charge in [0.15, 0.2) is 0 Å². The van der Waals surface area contributed by atoms with Crippen molar-refractivity contribution >= 4 is 0 Å². The summed E-state index contributed by atoms with van der Waals surface area (Å²) in [7, 11) is 0. The lowest BCUT2D eigenvalue weighted by Gasteiger charge is -2.26. The summed E-state index contributed by atoms with van der Waals surface area (Å²) in [4.78, 5) is 0. The topological polar surface area (TPSA) is 32.3 Å². The Kier molecular flexibility index (Phi) is 3.45. The minimum absolute atomic E-state index is 0.366. The average molecular weight is 197 g/mol. The number of aliphatic hydroxyl groups is 1. The quantitative estimate of drug-likeness (QED) is 0.664. The van der Waals surface area contributed by atoms with Crippen molar-refractivity contribution in [2.75, 3.05) is 13.1 Å². The number of hydrogen-bond acceptors (Lipinski definition) is 2. The predicted molar refractivity (Wildman–Crippen MR) is 58.2 cm³/mol. The highest BCUT2D eigenvalue weighted by Gasteiger charge is 2.33. The summed E-state index contributed by atoms with van der Waals surface area (Å²) in [5.74, 6) is 0.794. The van der Waals surface area contributed by atoms with Crippen LogP contribution in [0.3, 0.4) is 0 Å². The molecule has 0 amide bonds. The molecule has 1 atom stereocenters. The van der Waals surface area contributed by atoms with E-state index in [4.69, 9.17) is 0 Å². The zero-order valence-electron chi connectivity index (χ0n) is 9.10. The smallest absolute Gasteiger partial charge is 0.0786 e. The lowest BCUT2D eigenvalue weighted by atomic mass is 9.85. The summed E-state index contributed by atoms with van der Waals surface area (Å²) in [5.41, 5.74) is -0.366. The highest BCUT2D eigenvalue weighted by atomic mass is 16.3. The molecule has 1 saturated heterocycles. The summed E-state index contributed by atoms with van der Waals surface area (Å²) >= 11 is 0. The summed E-state index contributed by atoms with van der Waals surface area (Å²) in [6.07, 6.45) is 10.3. The molecule has 2 fully saturated rings. The minimum Gasteiger partial charge on any atom is -0.389 e. The molecule has 1 unspecified atom stereocenters. The fraction of sp³-hybridized carbons (Fsp3) is 1.00. The molecule has 1 heterocycles. The Bertz CT molecular complexity index is 167. The molecule has 2 rings (SSSR count). The van der Waals surface area contributed by atoms with Crippen molar-refractivity contribution in [3.63, 3.8) is 0 Å². The number of rotatable bonds is 2. The normalized spacial score (nSPS) is 35.8. The molecule has 2 heteroatoms. The molecule has 0 spiro atoms. The van der Waals surface area contributed by atoms with Crippen molar-refractivity contribution in [3.8, 4) is 0 Å².